The van der Waals surface area contributed by atoms with Crippen LogP contribution in [0.25, 0.3) is 10.2 Å². The normalized spacial score (nSPS) is 12.9. The van der Waals surface area contributed by atoms with Crippen LogP contribution >= 0.6 is 11.3 Å². The van der Waals surface area contributed by atoms with Gasteiger partial charge in [-0.05, 0) is 54.8 Å². The highest BCUT2D eigenvalue weighted by molar-refractivity contribution is 7.90. The van der Waals surface area contributed by atoms with Gasteiger partial charge in [0.1, 0.15) is 5.75 Å². The monoisotopic (exact) mass is 390 g/mol. The summed E-state index contributed by atoms with van der Waals surface area (Å²) in [6.07, 6.45) is 0. The van der Waals surface area contributed by atoms with Crippen LogP contribution in [0.3, 0.4) is 0 Å². The second-order valence-corrected chi connectivity index (χ2v) is 8.87. The van der Waals surface area contributed by atoms with E-state index in [1.165, 1.54) is 29.0 Å². The molecule has 26 heavy (non-hydrogen) atoms. The first-order valence-electron chi connectivity index (χ1n) is 8.44. The average Bonchev–Trinajstić information content (AvgIpc) is 2.96. The zero-order valence-corrected chi connectivity index (χ0v) is 16.9. The molecule has 0 unspecified atom stereocenters. The van der Waals surface area contributed by atoms with Crippen molar-refractivity contribution in [2.45, 2.75) is 38.1 Å². The molecular weight excluding hydrogens is 368 g/mol. The van der Waals surface area contributed by atoms with Crippen LogP contribution in [0.5, 0.6) is 5.75 Å². The Hall–Kier alpha value is -2.12. The van der Waals surface area contributed by atoms with Crippen LogP contribution in [0.15, 0.2) is 51.8 Å². The Balaban J connectivity index is 2.15. The van der Waals surface area contributed by atoms with Gasteiger partial charge in [0, 0.05) is 6.54 Å². The summed E-state index contributed by atoms with van der Waals surface area (Å²) in [6, 6.07) is 12.5. The standard InChI is InChI=1S/C19H22N2O3S2/c1-5-21-17-11-6-14(13(2)3)12-18(17)25-19(21)20-26(22,23)16-9-7-15(24-4)8-10-16/h6-13H,5H2,1-4H3. The van der Waals surface area contributed by atoms with Gasteiger partial charge in [0.15, 0.2) is 0 Å². The lowest BCUT2D eigenvalue weighted by molar-refractivity contribution is 0.414. The summed E-state index contributed by atoms with van der Waals surface area (Å²) in [4.78, 5) is 0.639. The largest absolute Gasteiger partial charge is 0.497 e. The van der Waals surface area contributed by atoms with Crippen LogP contribution in [-0.2, 0) is 16.6 Å². The number of sulfonamides is 1. The number of benzene rings is 2. The van der Waals surface area contributed by atoms with E-state index in [9.17, 15) is 8.42 Å². The number of rotatable bonds is 5. The molecule has 0 N–H and O–H groups in total. The molecule has 138 valence electrons. The molecule has 3 rings (SSSR count). The topological polar surface area (TPSA) is 60.7 Å². The summed E-state index contributed by atoms with van der Waals surface area (Å²) < 4.78 is 37.6. The Morgan fingerprint density at radius 1 is 1.15 bits per heavy atom. The van der Waals surface area contributed by atoms with E-state index in [1.54, 1.807) is 19.2 Å². The number of aryl methyl sites for hydroxylation is 1. The molecule has 0 amide bonds. The van der Waals surface area contributed by atoms with Crippen molar-refractivity contribution in [2.24, 2.45) is 4.40 Å². The molecule has 0 atom stereocenters. The second-order valence-electron chi connectivity index (χ2n) is 6.25. The van der Waals surface area contributed by atoms with Crippen LogP contribution in [0.2, 0.25) is 0 Å². The summed E-state index contributed by atoms with van der Waals surface area (Å²) in [7, 11) is -2.24. The van der Waals surface area contributed by atoms with E-state index in [0.717, 1.165) is 10.2 Å². The third kappa shape index (κ3) is 3.54. The van der Waals surface area contributed by atoms with Crippen molar-refractivity contribution < 1.29 is 13.2 Å². The lowest BCUT2D eigenvalue weighted by atomic mass is 10.0. The molecule has 0 bridgehead atoms. The molecule has 0 aliphatic rings. The van der Waals surface area contributed by atoms with E-state index < -0.39 is 10.0 Å². The summed E-state index contributed by atoms with van der Waals surface area (Å²) >= 11 is 1.40. The fourth-order valence-electron chi connectivity index (χ4n) is 2.73. The highest BCUT2D eigenvalue weighted by Gasteiger charge is 2.15. The van der Waals surface area contributed by atoms with Crippen LogP contribution in [0.4, 0.5) is 0 Å². The van der Waals surface area contributed by atoms with Crippen molar-refractivity contribution >= 4 is 31.6 Å². The van der Waals surface area contributed by atoms with E-state index in [4.69, 9.17) is 4.74 Å². The number of thiazole rings is 1. The minimum Gasteiger partial charge on any atom is -0.497 e. The molecule has 0 saturated heterocycles. The summed E-state index contributed by atoms with van der Waals surface area (Å²) in [5.41, 5.74) is 2.23. The molecule has 0 spiro atoms. The maximum atomic E-state index is 12.7. The molecule has 1 aromatic heterocycles. The Labute approximate surface area is 157 Å². The predicted molar refractivity (Wildman–Crippen MR) is 105 cm³/mol. The minimum absolute atomic E-state index is 0.154. The summed E-state index contributed by atoms with van der Waals surface area (Å²) in [5.74, 6) is 1.02. The lowest BCUT2D eigenvalue weighted by Gasteiger charge is -2.05. The van der Waals surface area contributed by atoms with E-state index >= 15 is 0 Å². The molecule has 7 heteroatoms. The van der Waals surface area contributed by atoms with Gasteiger partial charge < -0.3 is 9.30 Å². The number of hydrogen-bond donors (Lipinski definition) is 0. The summed E-state index contributed by atoms with van der Waals surface area (Å²) in [6.45, 7) is 6.92. The van der Waals surface area contributed by atoms with Gasteiger partial charge in [0.25, 0.3) is 10.0 Å². The number of hydrogen-bond acceptors (Lipinski definition) is 4. The van der Waals surface area contributed by atoms with Gasteiger partial charge in [-0.2, -0.15) is 8.42 Å². The zero-order valence-electron chi connectivity index (χ0n) is 15.3. The van der Waals surface area contributed by atoms with Crippen molar-refractivity contribution in [3.63, 3.8) is 0 Å². The van der Waals surface area contributed by atoms with Crippen molar-refractivity contribution in [1.29, 1.82) is 0 Å². The van der Waals surface area contributed by atoms with Crippen molar-refractivity contribution in [3.05, 3.63) is 52.8 Å². The minimum atomic E-state index is -3.79. The number of nitrogens with zero attached hydrogens (tertiary/aromatic N) is 2. The van der Waals surface area contributed by atoms with Gasteiger partial charge in [-0.25, -0.2) is 0 Å². The summed E-state index contributed by atoms with van der Waals surface area (Å²) in [5, 5.41) is 0. The smallest absolute Gasteiger partial charge is 0.285 e. The first kappa shape index (κ1) is 18.7. The molecule has 0 aliphatic heterocycles. The number of methoxy groups -OCH3 is 1. The van der Waals surface area contributed by atoms with Gasteiger partial charge in [0.05, 0.1) is 22.2 Å². The molecule has 0 aliphatic carbocycles. The van der Waals surface area contributed by atoms with Gasteiger partial charge in [0.2, 0.25) is 4.80 Å². The molecule has 2 aromatic carbocycles. The van der Waals surface area contributed by atoms with Gasteiger partial charge in [-0.15, -0.1) is 4.40 Å². The first-order chi connectivity index (χ1) is 12.4. The third-order valence-corrected chi connectivity index (χ3v) is 6.68. The van der Waals surface area contributed by atoms with Crippen LogP contribution < -0.4 is 9.54 Å². The fraction of sp³-hybridized carbons (Fsp3) is 0.316. The van der Waals surface area contributed by atoms with E-state index in [-0.39, 0.29) is 4.90 Å². The Morgan fingerprint density at radius 2 is 1.85 bits per heavy atom. The third-order valence-electron chi connectivity index (χ3n) is 4.25. The quantitative estimate of drug-likeness (QED) is 0.658. The van der Waals surface area contributed by atoms with E-state index in [0.29, 0.717) is 23.0 Å². The Bertz CT molecular complexity index is 1090. The molecule has 0 saturated carbocycles. The van der Waals surface area contributed by atoms with Gasteiger partial charge in [-0.3, -0.25) is 0 Å². The van der Waals surface area contributed by atoms with Crippen molar-refractivity contribution in [2.75, 3.05) is 7.11 Å². The molecule has 1 heterocycles. The number of aromatic nitrogens is 1. The van der Waals surface area contributed by atoms with Crippen molar-refractivity contribution in [1.82, 2.24) is 4.57 Å². The average molecular weight is 391 g/mol. The number of fused-ring (bicyclic) bond motifs is 1. The highest BCUT2D eigenvalue weighted by atomic mass is 32.2. The second kappa shape index (κ2) is 7.25. The number of ether oxygens (including phenoxy) is 1. The van der Waals surface area contributed by atoms with Gasteiger partial charge in [-0.1, -0.05) is 31.3 Å². The zero-order chi connectivity index (χ0) is 18.9. The molecule has 0 radical (unpaired) electrons. The van der Waals surface area contributed by atoms with Crippen molar-refractivity contribution in [3.8, 4) is 5.75 Å². The van der Waals surface area contributed by atoms with E-state index in [2.05, 4.69) is 30.4 Å². The highest BCUT2D eigenvalue weighted by Crippen LogP contribution is 2.24. The maximum Gasteiger partial charge on any atom is 0.285 e. The maximum absolute atomic E-state index is 12.7. The molecule has 5 nitrogen and oxygen atoms in total. The SMILES string of the molecule is CCn1c(=NS(=O)(=O)c2ccc(OC)cc2)sc2cc(C(C)C)ccc21. The predicted octanol–water partition coefficient (Wildman–Crippen LogP) is 4.14. The molecular formula is C19H22N2O3S2. The molecule has 0 fully saturated rings. The Morgan fingerprint density at radius 3 is 2.42 bits per heavy atom. The van der Waals surface area contributed by atoms with Crippen LogP contribution in [0.1, 0.15) is 32.3 Å². The van der Waals surface area contributed by atoms with Gasteiger partial charge >= 0.3 is 0 Å². The lowest BCUT2D eigenvalue weighted by Crippen LogP contribution is -2.16. The fourth-order valence-corrected chi connectivity index (χ4v) is 5.07. The van der Waals surface area contributed by atoms with Crippen LogP contribution in [0, 0.1) is 0 Å². The molecule has 3 aromatic rings. The Kier molecular flexibility index (Phi) is 5.20. The first-order valence-corrected chi connectivity index (χ1v) is 10.7. The van der Waals surface area contributed by atoms with Crippen LogP contribution in [-0.4, -0.2) is 20.1 Å². The van der Waals surface area contributed by atoms with E-state index in [1.807, 2.05) is 17.6 Å².